The maximum Gasteiger partial charge on any atom is 0.222 e. The Morgan fingerprint density at radius 3 is 1.89 bits per heavy atom. The highest BCUT2D eigenvalue weighted by Crippen LogP contribution is 2.22. The van der Waals surface area contributed by atoms with Gasteiger partial charge in [0, 0.05) is 49.9 Å². The smallest absolute Gasteiger partial charge is 0.222 e. The molecule has 0 fully saturated rings. The van der Waals surface area contributed by atoms with Crippen LogP contribution in [0.4, 0.5) is 0 Å². The lowest BCUT2D eigenvalue weighted by molar-refractivity contribution is -0.131. The minimum atomic E-state index is 0.109. The lowest BCUT2D eigenvalue weighted by Gasteiger charge is -2.17. The molecule has 238 valence electrons. The minimum absolute atomic E-state index is 0.109. The zero-order valence-electron chi connectivity index (χ0n) is 25.8. The average molecular weight is 649 g/mol. The van der Waals surface area contributed by atoms with Gasteiger partial charge in [-0.1, -0.05) is 54.1 Å². The van der Waals surface area contributed by atoms with Gasteiger partial charge in [-0.05, 0) is 90.4 Å². The summed E-state index contributed by atoms with van der Waals surface area (Å²) < 4.78 is 5.53. The van der Waals surface area contributed by atoms with Gasteiger partial charge in [0.25, 0.3) is 0 Å². The second kappa shape index (κ2) is 19.3. The third-order valence-corrected chi connectivity index (χ3v) is 8.04. The van der Waals surface area contributed by atoms with Crippen LogP contribution in [-0.2, 0) is 22.7 Å². The molecule has 7 nitrogen and oxygen atoms in total. The molecule has 0 saturated carbocycles. The molecule has 4 aromatic carbocycles. The number of ether oxygens (including phenoxy) is 1. The maximum absolute atomic E-state index is 12.1. The van der Waals surface area contributed by atoms with Crippen molar-refractivity contribution in [3.05, 3.63) is 119 Å². The van der Waals surface area contributed by atoms with E-state index in [2.05, 4.69) is 0 Å². The number of phenols is 2. The molecule has 45 heavy (non-hydrogen) atoms. The van der Waals surface area contributed by atoms with Crippen LogP contribution in [0.5, 0.6) is 17.2 Å². The highest BCUT2D eigenvalue weighted by atomic mass is 35.5. The molecule has 0 aromatic heterocycles. The number of carbonyl (C=O) groups excluding carboxylic acids is 2. The molecule has 0 heterocycles. The molecule has 0 aliphatic heterocycles. The van der Waals surface area contributed by atoms with E-state index in [1.807, 2.05) is 80.8 Å². The maximum atomic E-state index is 12.1. The summed E-state index contributed by atoms with van der Waals surface area (Å²) in [7, 11) is 3.63. The van der Waals surface area contributed by atoms with Crippen LogP contribution in [0.3, 0.4) is 0 Å². The van der Waals surface area contributed by atoms with Crippen molar-refractivity contribution < 1.29 is 24.5 Å². The van der Waals surface area contributed by atoms with Crippen LogP contribution in [0.1, 0.15) is 36.8 Å². The van der Waals surface area contributed by atoms with Crippen molar-refractivity contribution in [3.63, 3.8) is 0 Å². The fourth-order valence-corrected chi connectivity index (χ4v) is 5.30. The zero-order valence-corrected chi connectivity index (χ0v) is 27.3. The van der Waals surface area contributed by atoms with Crippen LogP contribution in [0, 0.1) is 0 Å². The standard InChI is InChI=1S/C18H20ClNO2S.C18H21NO3/c1-20(13-14-4-2-5-15(19)12-14)18(22)6-3-11-23-17-9-7-16(21)8-10-17;1-19(14-15-6-3-2-4-7-15)18(21)8-5-13-22-17-11-9-16(20)10-12-17/h2,4-5,7-10,12,21H,3,6,11,13H2,1H3;2-4,6-7,9-12,20H,5,8,13-14H2,1H3. The van der Waals surface area contributed by atoms with Crippen LogP contribution in [0.2, 0.25) is 5.02 Å². The molecule has 0 saturated heterocycles. The molecule has 0 aliphatic carbocycles. The third-order valence-electron chi connectivity index (χ3n) is 6.70. The molecule has 2 N–H and O–H groups in total. The van der Waals surface area contributed by atoms with Crippen molar-refractivity contribution in [1.82, 2.24) is 9.80 Å². The Labute approximate surface area is 275 Å². The topological polar surface area (TPSA) is 90.3 Å². The lowest BCUT2D eigenvalue weighted by Crippen LogP contribution is -2.26. The normalized spacial score (nSPS) is 10.4. The highest BCUT2D eigenvalue weighted by molar-refractivity contribution is 7.99. The highest BCUT2D eigenvalue weighted by Gasteiger charge is 2.10. The van der Waals surface area contributed by atoms with E-state index < -0.39 is 0 Å². The molecule has 0 bridgehead atoms. The number of carbonyl (C=O) groups is 2. The van der Waals surface area contributed by atoms with Gasteiger partial charge in [0.2, 0.25) is 11.8 Å². The van der Waals surface area contributed by atoms with Gasteiger partial charge in [0.05, 0.1) is 6.61 Å². The van der Waals surface area contributed by atoms with Gasteiger partial charge in [-0.15, -0.1) is 11.8 Å². The van der Waals surface area contributed by atoms with Crippen molar-refractivity contribution in [2.24, 2.45) is 0 Å². The second-order valence-electron chi connectivity index (χ2n) is 10.5. The Morgan fingerprint density at radius 1 is 0.711 bits per heavy atom. The van der Waals surface area contributed by atoms with Crippen LogP contribution in [-0.4, -0.2) is 58.3 Å². The molecule has 0 spiro atoms. The fraction of sp³-hybridized carbons (Fsp3) is 0.278. The van der Waals surface area contributed by atoms with E-state index >= 15 is 0 Å². The quantitative estimate of drug-likeness (QED) is 0.107. The molecule has 0 unspecified atom stereocenters. The molecular weight excluding hydrogens is 608 g/mol. The molecule has 9 heteroatoms. The number of hydrogen-bond acceptors (Lipinski definition) is 6. The number of aromatic hydroxyl groups is 2. The fourth-order valence-electron chi connectivity index (χ4n) is 4.24. The first kappa shape index (κ1) is 35.3. The summed E-state index contributed by atoms with van der Waals surface area (Å²) >= 11 is 7.65. The monoisotopic (exact) mass is 648 g/mol. The van der Waals surface area contributed by atoms with Crippen molar-refractivity contribution in [2.45, 2.75) is 43.7 Å². The number of rotatable bonds is 14. The van der Waals surface area contributed by atoms with Gasteiger partial charge in [0.1, 0.15) is 17.2 Å². The Balaban J connectivity index is 0.000000246. The Hall–Kier alpha value is -4.14. The molecule has 4 aromatic rings. The van der Waals surface area contributed by atoms with E-state index in [1.54, 1.807) is 58.0 Å². The Kier molecular flexibility index (Phi) is 15.1. The van der Waals surface area contributed by atoms with Gasteiger partial charge in [-0.2, -0.15) is 0 Å². The predicted octanol–water partition coefficient (Wildman–Crippen LogP) is 7.79. The molecule has 4 rings (SSSR count). The van der Waals surface area contributed by atoms with Gasteiger partial charge in [-0.3, -0.25) is 9.59 Å². The average Bonchev–Trinajstić information content (AvgIpc) is 3.03. The number of benzene rings is 4. The number of phenolic OH excluding ortho intramolecular Hbond substituents is 2. The van der Waals surface area contributed by atoms with E-state index in [9.17, 15) is 19.8 Å². The molecule has 0 radical (unpaired) electrons. The van der Waals surface area contributed by atoms with Gasteiger partial charge < -0.3 is 24.7 Å². The second-order valence-corrected chi connectivity index (χ2v) is 12.1. The summed E-state index contributed by atoms with van der Waals surface area (Å²) in [5.74, 6) is 2.30. The first-order chi connectivity index (χ1) is 21.7. The van der Waals surface area contributed by atoms with Crippen LogP contribution in [0.25, 0.3) is 0 Å². The van der Waals surface area contributed by atoms with E-state index in [0.29, 0.717) is 49.7 Å². The lowest BCUT2D eigenvalue weighted by atomic mass is 10.2. The summed E-state index contributed by atoms with van der Waals surface area (Å²) in [5, 5.41) is 19.1. The van der Waals surface area contributed by atoms with Crippen LogP contribution >= 0.6 is 23.4 Å². The largest absolute Gasteiger partial charge is 0.508 e. The van der Waals surface area contributed by atoms with E-state index in [0.717, 1.165) is 28.2 Å². The predicted molar refractivity (Wildman–Crippen MR) is 182 cm³/mol. The van der Waals surface area contributed by atoms with Gasteiger partial charge >= 0.3 is 0 Å². The number of thioether (sulfide) groups is 1. The molecule has 0 atom stereocenters. The minimum Gasteiger partial charge on any atom is -0.508 e. The molecule has 2 amide bonds. The van der Waals surface area contributed by atoms with E-state index in [4.69, 9.17) is 16.3 Å². The first-order valence-electron chi connectivity index (χ1n) is 14.8. The Morgan fingerprint density at radius 2 is 1.27 bits per heavy atom. The zero-order chi connectivity index (χ0) is 32.4. The molecule has 0 aliphatic rings. The number of hydrogen-bond donors (Lipinski definition) is 2. The number of halogens is 1. The third kappa shape index (κ3) is 14.0. The van der Waals surface area contributed by atoms with Gasteiger partial charge in [0.15, 0.2) is 0 Å². The van der Waals surface area contributed by atoms with Crippen LogP contribution in [0.15, 0.2) is 108 Å². The summed E-state index contributed by atoms with van der Waals surface area (Å²) in [6.07, 6.45) is 2.48. The van der Waals surface area contributed by atoms with Crippen LogP contribution < -0.4 is 4.74 Å². The summed E-state index contributed by atoms with van der Waals surface area (Å²) in [4.78, 5) is 28.7. The number of amides is 2. The van der Waals surface area contributed by atoms with Gasteiger partial charge in [-0.25, -0.2) is 0 Å². The first-order valence-corrected chi connectivity index (χ1v) is 16.2. The van der Waals surface area contributed by atoms with Crippen molar-refractivity contribution in [3.8, 4) is 17.2 Å². The van der Waals surface area contributed by atoms with Crippen molar-refractivity contribution in [2.75, 3.05) is 26.5 Å². The van der Waals surface area contributed by atoms with Crippen molar-refractivity contribution in [1.29, 1.82) is 0 Å². The molecular formula is C36H41ClN2O5S. The summed E-state index contributed by atoms with van der Waals surface area (Å²) in [5.41, 5.74) is 2.16. The van der Waals surface area contributed by atoms with Crippen molar-refractivity contribution >= 4 is 35.2 Å². The van der Waals surface area contributed by atoms with E-state index in [-0.39, 0.29) is 23.3 Å². The SMILES string of the molecule is CN(Cc1cccc(Cl)c1)C(=O)CCCSc1ccc(O)cc1.CN(Cc1ccccc1)C(=O)CCCOc1ccc(O)cc1. The summed E-state index contributed by atoms with van der Waals surface area (Å²) in [6, 6.07) is 31.2. The van der Waals surface area contributed by atoms with E-state index in [1.165, 1.54) is 0 Å². The number of nitrogens with zero attached hydrogens (tertiary/aromatic N) is 2. The summed E-state index contributed by atoms with van der Waals surface area (Å²) in [6.45, 7) is 1.68. The Bertz CT molecular complexity index is 1450.